The van der Waals surface area contributed by atoms with Crippen molar-refractivity contribution in [1.82, 2.24) is 20.4 Å². The van der Waals surface area contributed by atoms with E-state index in [0.29, 0.717) is 17.8 Å². The molecule has 0 aromatic carbocycles. The van der Waals surface area contributed by atoms with E-state index in [9.17, 15) is 4.79 Å². The monoisotopic (exact) mass is 274 g/mol. The quantitative estimate of drug-likeness (QED) is 0.869. The molecular weight excluding hydrogens is 252 g/mol. The van der Waals surface area contributed by atoms with Crippen molar-refractivity contribution >= 4 is 5.91 Å². The normalized spacial score (nSPS) is 24.9. The molecule has 0 radical (unpaired) electrons. The number of nitrogens with one attached hydrogen (secondary N) is 2. The summed E-state index contributed by atoms with van der Waals surface area (Å²) in [7, 11) is 0. The average molecular weight is 274 g/mol. The van der Waals surface area contributed by atoms with Crippen LogP contribution in [0.1, 0.15) is 53.8 Å². The van der Waals surface area contributed by atoms with Gasteiger partial charge >= 0.3 is 0 Å². The van der Waals surface area contributed by atoms with Crippen LogP contribution in [0.4, 0.5) is 0 Å². The van der Waals surface area contributed by atoms with Crippen molar-refractivity contribution in [2.24, 2.45) is 0 Å². The van der Waals surface area contributed by atoms with Gasteiger partial charge in [-0.15, -0.1) is 0 Å². The van der Waals surface area contributed by atoms with Gasteiger partial charge in [0.15, 0.2) is 5.69 Å². The highest BCUT2D eigenvalue weighted by Crippen LogP contribution is 2.31. The number of aryl methyl sites for hydroxylation is 1. The van der Waals surface area contributed by atoms with Crippen molar-refractivity contribution in [3.05, 3.63) is 17.0 Å². The predicted octanol–water partition coefficient (Wildman–Crippen LogP) is 1.25. The minimum Gasteiger partial charge on any atom is -0.333 e. The number of carbonyl (C=O) groups excluding carboxylic acids is 1. The zero-order valence-corrected chi connectivity index (χ0v) is 11.8. The maximum Gasteiger partial charge on any atom is 0.274 e. The molecule has 1 aromatic rings. The lowest BCUT2D eigenvalue weighted by atomic mass is 10.1. The highest BCUT2D eigenvalue weighted by molar-refractivity contribution is 5.94. The minimum atomic E-state index is 0.153. The number of rotatable bonds is 4. The lowest BCUT2D eigenvalue weighted by molar-refractivity contribution is 0.0721. The van der Waals surface area contributed by atoms with Gasteiger partial charge in [-0.2, -0.15) is 5.10 Å². The number of nitrogens with zero attached hydrogens (tertiary/aromatic N) is 2. The second kappa shape index (κ2) is 4.88. The van der Waals surface area contributed by atoms with Crippen molar-refractivity contribution in [2.45, 2.75) is 57.0 Å². The van der Waals surface area contributed by atoms with Gasteiger partial charge in [-0.1, -0.05) is 0 Å². The van der Waals surface area contributed by atoms with Crippen LogP contribution >= 0.6 is 0 Å². The number of carbonyl (C=O) groups is 1. The Hall–Kier alpha value is -1.36. The number of hydrogen-bond donors (Lipinski definition) is 2. The Kier molecular flexibility index (Phi) is 3.02. The molecule has 0 spiro atoms. The molecule has 1 aromatic heterocycles. The summed E-state index contributed by atoms with van der Waals surface area (Å²) >= 11 is 0. The summed E-state index contributed by atoms with van der Waals surface area (Å²) in [6.07, 6.45) is 7.94. The Bertz CT molecular complexity index is 514. The van der Waals surface area contributed by atoms with Crippen LogP contribution in [0.3, 0.4) is 0 Å². The minimum absolute atomic E-state index is 0.153. The van der Waals surface area contributed by atoms with Gasteiger partial charge in [0.1, 0.15) is 0 Å². The third-order valence-corrected chi connectivity index (χ3v) is 4.84. The van der Waals surface area contributed by atoms with Crippen LogP contribution in [0.25, 0.3) is 0 Å². The summed E-state index contributed by atoms with van der Waals surface area (Å²) in [5.74, 6) is 0.153. The third kappa shape index (κ3) is 2.14. The van der Waals surface area contributed by atoms with E-state index in [0.717, 1.165) is 45.2 Å². The fraction of sp³-hybridized carbons (Fsp3) is 0.733. The molecule has 2 fully saturated rings. The van der Waals surface area contributed by atoms with Crippen LogP contribution in [0.2, 0.25) is 0 Å². The van der Waals surface area contributed by atoms with Crippen LogP contribution in [0.5, 0.6) is 0 Å². The molecule has 2 N–H and O–H groups in total. The molecule has 1 saturated heterocycles. The second-order valence-electron chi connectivity index (χ2n) is 6.36. The first-order chi connectivity index (χ1) is 9.83. The van der Waals surface area contributed by atoms with Gasteiger partial charge in [0, 0.05) is 29.9 Å². The molecule has 20 heavy (non-hydrogen) atoms. The van der Waals surface area contributed by atoms with E-state index in [4.69, 9.17) is 0 Å². The Labute approximate surface area is 119 Å². The number of amides is 1. The number of fused-ring (bicyclic) bond motifs is 1. The van der Waals surface area contributed by atoms with Crippen LogP contribution < -0.4 is 5.32 Å². The Morgan fingerprint density at radius 2 is 2.15 bits per heavy atom. The van der Waals surface area contributed by atoms with E-state index < -0.39 is 0 Å². The zero-order chi connectivity index (χ0) is 13.5. The average Bonchev–Trinajstić information content (AvgIpc) is 2.88. The summed E-state index contributed by atoms with van der Waals surface area (Å²) < 4.78 is 0. The number of H-pyrrole nitrogens is 1. The first-order valence-electron chi connectivity index (χ1n) is 7.93. The van der Waals surface area contributed by atoms with Gasteiger partial charge in [-0.25, -0.2) is 0 Å². The molecule has 1 amide bonds. The maximum absolute atomic E-state index is 12.9. The van der Waals surface area contributed by atoms with Gasteiger partial charge in [0.25, 0.3) is 5.91 Å². The molecule has 1 unspecified atom stereocenters. The Morgan fingerprint density at radius 1 is 1.25 bits per heavy atom. The standard InChI is InChI=1S/C15H22N4O/c20-15(14-12-4-1-5-13(12)17-18-14)19(11-6-7-11)9-10-3-2-8-16-10/h10-11,16H,1-9H2,(H,17,18). The van der Waals surface area contributed by atoms with Crippen molar-refractivity contribution < 1.29 is 4.79 Å². The zero-order valence-electron chi connectivity index (χ0n) is 11.8. The summed E-state index contributed by atoms with van der Waals surface area (Å²) in [6, 6.07) is 0.935. The van der Waals surface area contributed by atoms with E-state index in [-0.39, 0.29) is 5.91 Å². The predicted molar refractivity (Wildman–Crippen MR) is 75.7 cm³/mol. The van der Waals surface area contributed by atoms with Crippen molar-refractivity contribution in [1.29, 1.82) is 0 Å². The van der Waals surface area contributed by atoms with Crippen LogP contribution in [0, 0.1) is 0 Å². The molecule has 1 atom stereocenters. The summed E-state index contributed by atoms with van der Waals surface area (Å²) in [5.41, 5.74) is 3.06. The van der Waals surface area contributed by atoms with Gasteiger partial charge in [0.2, 0.25) is 0 Å². The summed E-state index contributed by atoms with van der Waals surface area (Å²) in [5, 5.41) is 10.9. The molecule has 1 saturated carbocycles. The van der Waals surface area contributed by atoms with Gasteiger partial charge in [0.05, 0.1) is 0 Å². The maximum atomic E-state index is 12.9. The molecule has 0 bridgehead atoms. The largest absolute Gasteiger partial charge is 0.333 e. The van der Waals surface area contributed by atoms with Crippen LogP contribution in [-0.2, 0) is 12.8 Å². The van der Waals surface area contributed by atoms with Crippen molar-refractivity contribution in [3.63, 3.8) is 0 Å². The van der Waals surface area contributed by atoms with E-state index >= 15 is 0 Å². The number of hydrogen-bond acceptors (Lipinski definition) is 3. The number of aromatic amines is 1. The van der Waals surface area contributed by atoms with Gasteiger partial charge in [-0.3, -0.25) is 9.89 Å². The topological polar surface area (TPSA) is 61.0 Å². The molecule has 108 valence electrons. The second-order valence-corrected chi connectivity index (χ2v) is 6.36. The van der Waals surface area contributed by atoms with Crippen LogP contribution in [-0.4, -0.2) is 46.2 Å². The first kappa shape index (κ1) is 12.4. The lowest BCUT2D eigenvalue weighted by Crippen LogP contribution is -2.42. The summed E-state index contributed by atoms with van der Waals surface area (Å²) in [6.45, 7) is 1.94. The smallest absolute Gasteiger partial charge is 0.274 e. The molecule has 2 heterocycles. The van der Waals surface area contributed by atoms with E-state index in [1.165, 1.54) is 24.1 Å². The highest BCUT2D eigenvalue weighted by Gasteiger charge is 2.37. The van der Waals surface area contributed by atoms with Crippen molar-refractivity contribution in [2.75, 3.05) is 13.1 Å². The van der Waals surface area contributed by atoms with Crippen LogP contribution in [0.15, 0.2) is 0 Å². The highest BCUT2D eigenvalue weighted by atomic mass is 16.2. The Balaban J connectivity index is 1.54. The third-order valence-electron chi connectivity index (χ3n) is 4.84. The fourth-order valence-electron chi connectivity index (χ4n) is 3.57. The van der Waals surface area contributed by atoms with E-state index in [1.807, 2.05) is 0 Å². The molecule has 3 aliphatic rings. The molecule has 4 rings (SSSR count). The first-order valence-corrected chi connectivity index (χ1v) is 7.93. The SMILES string of the molecule is O=C(c1n[nH]c2c1CCC2)N(CC1CCCN1)C1CC1. The molecular formula is C15H22N4O. The molecule has 5 nitrogen and oxygen atoms in total. The van der Waals surface area contributed by atoms with Crippen molar-refractivity contribution in [3.8, 4) is 0 Å². The number of aromatic nitrogens is 2. The van der Waals surface area contributed by atoms with Gasteiger partial charge < -0.3 is 10.2 Å². The summed E-state index contributed by atoms with van der Waals surface area (Å²) in [4.78, 5) is 14.9. The molecule has 5 heteroatoms. The fourth-order valence-corrected chi connectivity index (χ4v) is 3.57. The van der Waals surface area contributed by atoms with E-state index in [1.54, 1.807) is 0 Å². The Morgan fingerprint density at radius 3 is 2.90 bits per heavy atom. The van der Waals surface area contributed by atoms with E-state index in [2.05, 4.69) is 20.4 Å². The lowest BCUT2D eigenvalue weighted by Gasteiger charge is -2.25. The molecule has 2 aliphatic carbocycles. The molecule has 1 aliphatic heterocycles. The van der Waals surface area contributed by atoms with Gasteiger partial charge in [-0.05, 0) is 51.5 Å².